The van der Waals surface area contributed by atoms with E-state index in [1.54, 1.807) is 4.90 Å². The first kappa shape index (κ1) is 18.2. The molecule has 0 heterocycles. The summed E-state index contributed by atoms with van der Waals surface area (Å²) in [4.78, 5) is 25.8. The number of benzene rings is 2. The number of carbonyl (C=O) groups is 2. The molecule has 4 nitrogen and oxygen atoms in total. The molecule has 2 aromatic carbocycles. The van der Waals surface area contributed by atoms with Crippen LogP contribution in [0.15, 0.2) is 46.9 Å². The van der Waals surface area contributed by atoms with Gasteiger partial charge in [0, 0.05) is 35.7 Å². The molecule has 0 saturated carbocycles. The number of rotatable bonds is 5. The van der Waals surface area contributed by atoms with Crippen molar-refractivity contribution in [2.24, 2.45) is 0 Å². The zero-order valence-corrected chi connectivity index (χ0v) is 15.7. The summed E-state index contributed by atoms with van der Waals surface area (Å²) in [5.41, 5.74) is 3.66. The van der Waals surface area contributed by atoms with Gasteiger partial charge in [0.15, 0.2) is 0 Å². The Balaban J connectivity index is 2.01. The molecule has 2 amide bonds. The number of aryl methyl sites for hydroxylation is 2. The van der Waals surface area contributed by atoms with Gasteiger partial charge in [-0.05, 0) is 49.2 Å². The maximum absolute atomic E-state index is 12.2. The van der Waals surface area contributed by atoms with E-state index in [1.807, 2.05) is 56.3 Å². The van der Waals surface area contributed by atoms with Gasteiger partial charge in [-0.3, -0.25) is 9.59 Å². The van der Waals surface area contributed by atoms with E-state index in [1.165, 1.54) is 6.92 Å². The standard InChI is InChI=1S/C19H21BrN2O2/c1-13-6-4-5-7-18(13)22(15(3)23)11-10-19(24)21-16-8-9-17(20)14(2)12-16/h4-9,12H,10-11H2,1-3H3,(H,21,24). The van der Waals surface area contributed by atoms with Crippen molar-refractivity contribution >= 4 is 39.1 Å². The number of halogens is 1. The topological polar surface area (TPSA) is 49.4 Å². The van der Waals surface area contributed by atoms with Crippen LogP contribution in [0.5, 0.6) is 0 Å². The minimum absolute atomic E-state index is 0.0726. The molecule has 0 radical (unpaired) electrons. The van der Waals surface area contributed by atoms with Gasteiger partial charge in [-0.2, -0.15) is 0 Å². The Morgan fingerprint density at radius 1 is 1.08 bits per heavy atom. The number of anilines is 2. The lowest BCUT2D eigenvalue weighted by Gasteiger charge is -2.22. The van der Waals surface area contributed by atoms with Gasteiger partial charge in [-0.25, -0.2) is 0 Å². The highest BCUT2D eigenvalue weighted by Gasteiger charge is 2.15. The molecule has 5 heteroatoms. The Labute approximate surface area is 151 Å². The highest BCUT2D eigenvalue weighted by atomic mass is 79.9. The second-order valence-corrected chi connectivity index (χ2v) is 6.57. The fraction of sp³-hybridized carbons (Fsp3) is 0.263. The number of nitrogens with one attached hydrogen (secondary N) is 1. The maximum atomic E-state index is 12.2. The van der Waals surface area contributed by atoms with Gasteiger partial charge in [0.25, 0.3) is 0 Å². The van der Waals surface area contributed by atoms with Crippen LogP contribution in [0.4, 0.5) is 11.4 Å². The first-order valence-electron chi connectivity index (χ1n) is 7.78. The van der Waals surface area contributed by atoms with Gasteiger partial charge in [0.2, 0.25) is 11.8 Å². The number of carbonyl (C=O) groups excluding carboxylic acids is 2. The number of nitrogens with zero attached hydrogens (tertiary/aromatic N) is 1. The first-order valence-corrected chi connectivity index (χ1v) is 8.57. The van der Waals surface area contributed by atoms with Crippen LogP contribution in [0, 0.1) is 13.8 Å². The smallest absolute Gasteiger partial charge is 0.226 e. The third kappa shape index (κ3) is 4.68. The second-order valence-electron chi connectivity index (χ2n) is 5.72. The van der Waals surface area contributed by atoms with E-state index in [0.29, 0.717) is 6.54 Å². The van der Waals surface area contributed by atoms with Crippen molar-refractivity contribution < 1.29 is 9.59 Å². The van der Waals surface area contributed by atoms with E-state index >= 15 is 0 Å². The number of hydrogen-bond donors (Lipinski definition) is 1. The van der Waals surface area contributed by atoms with E-state index in [9.17, 15) is 9.59 Å². The van der Waals surface area contributed by atoms with E-state index in [-0.39, 0.29) is 18.2 Å². The molecule has 126 valence electrons. The van der Waals surface area contributed by atoms with Gasteiger partial charge >= 0.3 is 0 Å². The average molecular weight is 389 g/mol. The number of hydrogen-bond acceptors (Lipinski definition) is 2. The summed E-state index contributed by atoms with van der Waals surface area (Å²) in [7, 11) is 0. The lowest BCUT2D eigenvalue weighted by molar-refractivity contribution is -0.117. The van der Waals surface area contributed by atoms with Gasteiger partial charge in [0.05, 0.1) is 0 Å². The molecular formula is C19H21BrN2O2. The van der Waals surface area contributed by atoms with Crippen molar-refractivity contribution in [3.05, 3.63) is 58.1 Å². The van der Waals surface area contributed by atoms with Crippen molar-refractivity contribution in [1.29, 1.82) is 0 Å². The molecule has 0 bridgehead atoms. The minimum Gasteiger partial charge on any atom is -0.326 e. The van der Waals surface area contributed by atoms with Gasteiger partial charge in [0.1, 0.15) is 0 Å². The zero-order chi connectivity index (χ0) is 17.7. The molecule has 0 unspecified atom stereocenters. The number of amides is 2. The molecule has 2 rings (SSSR count). The van der Waals surface area contributed by atoms with Crippen LogP contribution in [0.2, 0.25) is 0 Å². The maximum Gasteiger partial charge on any atom is 0.226 e. The molecule has 2 aromatic rings. The van der Waals surface area contributed by atoms with Gasteiger partial charge in [-0.15, -0.1) is 0 Å². The molecule has 24 heavy (non-hydrogen) atoms. The second kappa shape index (κ2) is 8.11. The van der Waals surface area contributed by atoms with Crippen molar-refractivity contribution in [2.75, 3.05) is 16.8 Å². The van der Waals surface area contributed by atoms with Crippen LogP contribution in [0.25, 0.3) is 0 Å². The monoisotopic (exact) mass is 388 g/mol. The first-order chi connectivity index (χ1) is 11.4. The molecule has 0 fully saturated rings. The van der Waals surface area contributed by atoms with Crippen molar-refractivity contribution in [1.82, 2.24) is 0 Å². The quantitative estimate of drug-likeness (QED) is 0.822. The Morgan fingerprint density at radius 3 is 2.42 bits per heavy atom. The summed E-state index contributed by atoms with van der Waals surface area (Å²) in [5.74, 6) is -0.187. The minimum atomic E-state index is -0.114. The van der Waals surface area contributed by atoms with Crippen LogP contribution >= 0.6 is 15.9 Å². The Hall–Kier alpha value is -2.14. The predicted octanol–water partition coefficient (Wildman–Crippen LogP) is 4.45. The van der Waals surface area contributed by atoms with E-state index in [0.717, 1.165) is 27.0 Å². The largest absolute Gasteiger partial charge is 0.326 e. The fourth-order valence-electron chi connectivity index (χ4n) is 2.47. The molecule has 0 spiro atoms. The van der Waals surface area contributed by atoms with Crippen molar-refractivity contribution in [3.8, 4) is 0 Å². The molecule has 0 aromatic heterocycles. The highest BCUT2D eigenvalue weighted by Crippen LogP contribution is 2.21. The summed E-state index contributed by atoms with van der Waals surface area (Å²) < 4.78 is 1.00. The Kier molecular flexibility index (Phi) is 6.15. The van der Waals surface area contributed by atoms with E-state index in [4.69, 9.17) is 0 Å². The normalized spacial score (nSPS) is 10.3. The molecule has 0 aliphatic rings. The summed E-state index contributed by atoms with van der Waals surface area (Å²) >= 11 is 3.44. The van der Waals surface area contributed by atoms with Gasteiger partial charge < -0.3 is 10.2 Å². The molecule has 1 N–H and O–H groups in total. The Morgan fingerprint density at radius 2 is 1.79 bits per heavy atom. The lowest BCUT2D eigenvalue weighted by Crippen LogP contribution is -2.32. The van der Waals surface area contributed by atoms with Crippen LogP contribution in [0.3, 0.4) is 0 Å². The molecule has 0 aliphatic carbocycles. The molecule has 0 saturated heterocycles. The zero-order valence-electron chi connectivity index (χ0n) is 14.1. The van der Waals surface area contributed by atoms with Gasteiger partial charge in [-0.1, -0.05) is 34.1 Å². The van der Waals surface area contributed by atoms with Crippen LogP contribution in [-0.2, 0) is 9.59 Å². The predicted molar refractivity (Wildman–Crippen MR) is 101 cm³/mol. The summed E-state index contributed by atoms with van der Waals surface area (Å²) in [6.07, 6.45) is 0.239. The van der Waals surface area contributed by atoms with Crippen molar-refractivity contribution in [2.45, 2.75) is 27.2 Å². The van der Waals surface area contributed by atoms with Crippen LogP contribution < -0.4 is 10.2 Å². The Bertz CT molecular complexity index is 759. The van der Waals surface area contributed by atoms with E-state index in [2.05, 4.69) is 21.2 Å². The summed E-state index contributed by atoms with van der Waals surface area (Å²) in [6.45, 7) is 5.79. The lowest BCUT2D eigenvalue weighted by atomic mass is 10.1. The fourth-order valence-corrected chi connectivity index (χ4v) is 2.72. The van der Waals surface area contributed by atoms with Crippen LogP contribution in [-0.4, -0.2) is 18.4 Å². The summed E-state index contributed by atoms with van der Waals surface area (Å²) in [6, 6.07) is 13.3. The summed E-state index contributed by atoms with van der Waals surface area (Å²) in [5, 5.41) is 2.87. The SMILES string of the molecule is CC(=O)N(CCC(=O)Nc1ccc(Br)c(C)c1)c1ccccc1C. The third-order valence-electron chi connectivity index (χ3n) is 3.79. The highest BCUT2D eigenvalue weighted by molar-refractivity contribution is 9.10. The van der Waals surface area contributed by atoms with E-state index < -0.39 is 0 Å². The molecule has 0 atom stereocenters. The van der Waals surface area contributed by atoms with Crippen LogP contribution in [0.1, 0.15) is 24.5 Å². The third-order valence-corrected chi connectivity index (χ3v) is 4.68. The molecular weight excluding hydrogens is 368 g/mol. The molecule has 0 aliphatic heterocycles. The number of para-hydroxylation sites is 1. The average Bonchev–Trinajstić information content (AvgIpc) is 2.52. The van der Waals surface area contributed by atoms with Crippen molar-refractivity contribution in [3.63, 3.8) is 0 Å².